The summed E-state index contributed by atoms with van der Waals surface area (Å²) in [5, 5.41) is 2.65. The van der Waals surface area contributed by atoms with Crippen molar-refractivity contribution >= 4 is 44.8 Å². The third-order valence-corrected chi connectivity index (χ3v) is 5.75. The van der Waals surface area contributed by atoms with E-state index in [0.29, 0.717) is 4.88 Å². The number of hydrogen-bond donors (Lipinski definition) is 0. The van der Waals surface area contributed by atoms with Gasteiger partial charge in [0.1, 0.15) is 9.88 Å². The summed E-state index contributed by atoms with van der Waals surface area (Å²) in [5.41, 5.74) is 0.925. The third-order valence-electron chi connectivity index (χ3n) is 3.69. The molecule has 1 atom stereocenters. The van der Waals surface area contributed by atoms with Crippen molar-refractivity contribution in [3.05, 3.63) is 51.7 Å². The van der Waals surface area contributed by atoms with Crippen LogP contribution in [-0.4, -0.2) is 35.4 Å². The Kier molecular flexibility index (Phi) is 4.92. The van der Waals surface area contributed by atoms with Crippen LogP contribution in [0.1, 0.15) is 27.6 Å². The second-order valence-electron chi connectivity index (χ2n) is 5.25. The number of rotatable bonds is 5. The summed E-state index contributed by atoms with van der Waals surface area (Å²) in [7, 11) is 1.69. The van der Waals surface area contributed by atoms with E-state index in [1.54, 1.807) is 40.8 Å². The molecule has 5 nitrogen and oxygen atoms in total. The number of benzene rings is 1. The molecule has 0 fully saturated rings. The number of thiophene rings is 1. The fraction of sp³-hybridized carbons (Fsp3) is 0.235. The lowest BCUT2D eigenvalue weighted by atomic mass is 10.3. The summed E-state index contributed by atoms with van der Waals surface area (Å²) in [6.07, 6.45) is 0. The van der Waals surface area contributed by atoms with E-state index in [1.165, 1.54) is 11.3 Å². The molecule has 124 valence electrons. The number of esters is 1. The van der Waals surface area contributed by atoms with E-state index in [9.17, 15) is 9.59 Å². The first-order valence-electron chi connectivity index (χ1n) is 7.38. The van der Waals surface area contributed by atoms with Gasteiger partial charge < -0.3 is 9.64 Å². The predicted octanol–water partition coefficient (Wildman–Crippen LogP) is 3.73. The average molecular weight is 360 g/mol. The van der Waals surface area contributed by atoms with Gasteiger partial charge in [0.15, 0.2) is 6.61 Å². The predicted molar refractivity (Wildman–Crippen MR) is 95.4 cm³/mol. The number of carbonyl (C=O) groups is 2. The molecule has 0 radical (unpaired) electrons. The number of thiazole rings is 1. The summed E-state index contributed by atoms with van der Waals surface area (Å²) in [5.74, 6) is -0.731. The van der Waals surface area contributed by atoms with E-state index >= 15 is 0 Å². The van der Waals surface area contributed by atoms with Gasteiger partial charge in [-0.2, -0.15) is 0 Å². The standard InChI is InChI=1S/C17H16N2O3S2/c1-11(16-18-12-6-3-4-7-13(12)24-16)19(2)15(20)10-22-17(21)14-8-5-9-23-14/h3-9,11H,10H2,1-2H3/t11-/m1/s1. The van der Waals surface area contributed by atoms with Gasteiger partial charge in [-0.25, -0.2) is 9.78 Å². The maximum atomic E-state index is 12.3. The van der Waals surface area contributed by atoms with Crippen LogP contribution in [0.4, 0.5) is 0 Å². The summed E-state index contributed by atoms with van der Waals surface area (Å²) in [4.78, 5) is 30.7. The Balaban J connectivity index is 1.63. The first-order valence-corrected chi connectivity index (χ1v) is 9.07. The van der Waals surface area contributed by atoms with Crippen LogP contribution in [0.15, 0.2) is 41.8 Å². The molecule has 0 saturated carbocycles. The van der Waals surface area contributed by atoms with Crippen LogP contribution >= 0.6 is 22.7 Å². The minimum atomic E-state index is -0.473. The van der Waals surface area contributed by atoms with Crippen molar-refractivity contribution in [1.82, 2.24) is 9.88 Å². The Hall–Kier alpha value is -2.25. The maximum absolute atomic E-state index is 12.3. The molecule has 0 N–H and O–H groups in total. The largest absolute Gasteiger partial charge is 0.451 e. The molecular weight excluding hydrogens is 344 g/mol. The molecule has 0 aliphatic heterocycles. The van der Waals surface area contributed by atoms with Crippen molar-refractivity contribution in [2.75, 3.05) is 13.7 Å². The topological polar surface area (TPSA) is 59.5 Å². The third kappa shape index (κ3) is 3.47. The Morgan fingerprint density at radius 3 is 2.75 bits per heavy atom. The maximum Gasteiger partial charge on any atom is 0.348 e. The molecule has 0 aliphatic rings. The van der Waals surface area contributed by atoms with E-state index in [2.05, 4.69) is 4.98 Å². The van der Waals surface area contributed by atoms with Gasteiger partial charge in [0, 0.05) is 7.05 Å². The van der Waals surface area contributed by atoms with Crippen molar-refractivity contribution in [1.29, 1.82) is 0 Å². The number of fused-ring (bicyclic) bond motifs is 1. The number of nitrogens with zero attached hydrogens (tertiary/aromatic N) is 2. The molecule has 2 heterocycles. The molecule has 1 aromatic carbocycles. The zero-order valence-electron chi connectivity index (χ0n) is 13.3. The molecule has 3 aromatic rings. The minimum Gasteiger partial charge on any atom is -0.451 e. The Labute approximate surface area is 147 Å². The van der Waals surface area contributed by atoms with Gasteiger partial charge >= 0.3 is 5.97 Å². The smallest absolute Gasteiger partial charge is 0.348 e. The molecule has 0 spiro atoms. The lowest BCUT2D eigenvalue weighted by Gasteiger charge is -2.22. The molecule has 2 aromatic heterocycles. The molecule has 0 bridgehead atoms. The van der Waals surface area contributed by atoms with Gasteiger partial charge in [-0.1, -0.05) is 18.2 Å². The van der Waals surface area contributed by atoms with E-state index in [1.807, 2.05) is 31.2 Å². The number of hydrogen-bond acceptors (Lipinski definition) is 6. The molecule has 0 unspecified atom stereocenters. The Morgan fingerprint density at radius 1 is 1.25 bits per heavy atom. The Morgan fingerprint density at radius 2 is 2.04 bits per heavy atom. The van der Waals surface area contributed by atoms with Gasteiger partial charge in [-0.3, -0.25) is 4.79 Å². The van der Waals surface area contributed by atoms with Crippen LogP contribution in [0.25, 0.3) is 10.2 Å². The highest BCUT2D eigenvalue weighted by molar-refractivity contribution is 7.18. The Bertz CT molecular complexity index is 825. The minimum absolute atomic E-state index is 0.185. The highest BCUT2D eigenvalue weighted by Crippen LogP contribution is 2.28. The number of likely N-dealkylation sites (N-methyl/N-ethyl adjacent to an activating group) is 1. The second-order valence-corrected chi connectivity index (χ2v) is 7.26. The van der Waals surface area contributed by atoms with E-state index in [0.717, 1.165) is 15.2 Å². The fourth-order valence-corrected chi connectivity index (χ4v) is 3.82. The van der Waals surface area contributed by atoms with Gasteiger partial charge in [-0.05, 0) is 30.5 Å². The summed E-state index contributed by atoms with van der Waals surface area (Å²) < 4.78 is 6.16. The number of carbonyl (C=O) groups excluding carboxylic acids is 2. The van der Waals surface area contributed by atoms with Gasteiger partial charge in [0.05, 0.1) is 16.3 Å². The monoisotopic (exact) mass is 360 g/mol. The van der Waals surface area contributed by atoms with Crippen molar-refractivity contribution in [2.24, 2.45) is 0 Å². The first-order chi connectivity index (χ1) is 11.6. The van der Waals surface area contributed by atoms with Crippen LogP contribution in [-0.2, 0) is 9.53 Å². The molecular formula is C17H16N2O3S2. The quantitative estimate of drug-likeness (QED) is 0.651. The highest BCUT2D eigenvalue weighted by Gasteiger charge is 2.22. The van der Waals surface area contributed by atoms with Gasteiger partial charge in [-0.15, -0.1) is 22.7 Å². The zero-order chi connectivity index (χ0) is 17.1. The molecule has 1 amide bonds. The molecule has 7 heteroatoms. The molecule has 0 aliphatic carbocycles. The zero-order valence-corrected chi connectivity index (χ0v) is 14.9. The van der Waals surface area contributed by atoms with Crippen LogP contribution in [0, 0.1) is 0 Å². The van der Waals surface area contributed by atoms with Crippen molar-refractivity contribution in [2.45, 2.75) is 13.0 Å². The molecule has 0 saturated heterocycles. The normalized spacial score (nSPS) is 12.1. The van der Waals surface area contributed by atoms with Crippen LogP contribution in [0.2, 0.25) is 0 Å². The van der Waals surface area contributed by atoms with Gasteiger partial charge in [0.25, 0.3) is 5.91 Å². The highest BCUT2D eigenvalue weighted by atomic mass is 32.1. The number of para-hydroxylation sites is 1. The van der Waals surface area contributed by atoms with Crippen molar-refractivity contribution in [3.63, 3.8) is 0 Å². The first kappa shape index (κ1) is 16.6. The molecule has 24 heavy (non-hydrogen) atoms. The molecule has 3 rings (SSSR count). The number of ether oxygens (including phenoxy) is 1. The van der Waals surface area contributed by atoms with E-state index < -0.39 is 5.97 Å². The van der Waals surface area contributed by atoms with Crippen molar-refractivity contribution < 1.29 is 14.3 Å². The average Bonchev–Trinajstić information content (AvgIpc) is 3.26. The van der Waals surface area contributed by atoms with Crippen molar-refractivity contribution in [3.8, 4) is 0 Å². The summed E-state index contributed by atoms with van der Waals surface area (Å²) >= 11 is 2.85. The van der Waals surface area contributed by atoms with Crippen LogP contribution < -0.4 is 0 Å². The fourth-order valence-electron chi connectivity index (χ4n) is 2.15. The van der Waals surface area contributed by atoms with E-state index in [4.69, 9.17) is 4.74 Å². The number of aromatic nitrogens is 1. The SMILES string of the molecule is C[C@H](c1nc2ccccc2s1)N(C)C(=O)COC(=O)c1cccs1. The lowest BCUT2D eigenvalue weighted by molar-refractivity contribution is -0.135. The van der Waals surface area contributed by atoms with E-state index in [-0.39, 0.29) is 18.6 Å². The van der Waals surface area contributed by atoms with Crippen LogP contribution in [0.3, 0.4) is 0 Å². The lowest BCUT2D eigenvalue weighted by Crippen LogP contribution is -2.33. The van der Waals surface area contributed by atoms with Crippen LogP contribution in [0.5, 0.6) is 0 Å². The van der Waals surface area contributed by atoms with Gasteiger partial charge in [0.2, 0.25) is 0 Å². The number of amides is 1. The second kappa shape index (κ2) is 7.11. The summed E-state index contributed by atoms with van der Waals surface area (Å²) in [6.45, 7) is 1.64. The summed E-state index contributed by atoms with van der Waals surface area (Å²) in [6, 6.07) is 11.1.